The van der Waals surface area contributed by atoms with Crippen molar-refractivity contribution in [2.75, 3.05) is 17.1 Å². The maximum atomic E-state index is 14.0. The lowest BCUT2D eigenvalue weighted by atomic mass is 10.1. The molecule has 3 rings (SSSR count). The van der Waals surface area contributed by atoms with Gasteiger partial charge in [0.25, 0.3) is 10.0 Å². The van der Waals surface area contributed by atoms with E-state index in [1.165, 1.54) is 28.8 Å². The van der Waals surface area contributed by atoms with Crippen molar-refractivity contribution in [3.05, 3.63) is 87.9 Å². The standard InChI is InChI=1S/C30H35Cl2N3O4S2/c1-20-7-10-23(11-8-20)35(41(38,39)25-14-12-24(40-6)13-15-25)19-28(36)34(21(2)29(37)33-30(3,4)5)18-22-9-16-26(31)27(32)17-22/h7-17,21H,18-19H2,1-6H3,(H,33,37). The fourth-order valence-corrected chi connectivity index (χ4v) is 6.15. The molecule has 2 amide bonds. The Labute approximate surface area is 257 Å². The van der Waals surface area contributed by atoms with Crippen LogP contribution >= 0.6 is 35.0 Å². The monoisotopic (exact) mass is 635 g/mol. The predicted molar refractivity (Wildman–Crippen MR) is 168 cm³/mol. The molecule has 0 aliphatic heterocycles. The van der Waals surface area contributed by atoms with Crippen molar-refractivity contribution >= 4 is 62.5 Å². The Morgan fingerprint density at radius 3 is 2.10 bits per heavy atom. The second-order valence-corrected chi connectivity index (χ2v) is 14.3. The highest BCUT2D eigenvalue weighted by Crippen LogP contribution is 2.27. The van der Waals surface area contributed by atoms with Gasteiger partial charge in [-0.3, -0.25) is 13.9 Å². The number of hydrogen-bond donors (Lipinski definition) is 1. The molecule has 41 heavy (non-hydrogen) atoms. The Hall–Kier alpha value is -2.72. The number of nitrogens with zero attached hydrogens (tertiary/aromatic N) is 2. The molecule has 3 aromatic rings. The van der Waals surface area contributed by atoms with E-state index in [0.717, 1.165) is 14.8 Å². The van der Waals surface area contributed by atoms with E-state index in [9.17, 15) is 18.0 Å². The lowest BCUT2D eigenvalue weighted by Gasteiger charge is -2.33. The van der Waals surface area contributed by atoms with Gasteiger partial charge in [-0.2, -0.15) is 0 Å². The first-order valence-corrected chi connectivity index (χ1v) is 16.3. The third-order valence-corrected chi connectivity index (χ3v) is 9.52. The number of rotatable bonds is 10. The van der Waals surface area contributed by atoms with Crippen LogP contribution in [0.25, 0.3) is 0 Å². The first-order chi connectivity index (χ1) is 19.1. The SMILES string of the molecule is CSc1ccc(S(=O)(=O)N(CC(=O)N(Cc2ccc(Cl)c(Cl)c2)C(C)C(=O)NC(C)(C)C)c2ccc(C)cc2)cc1. The van der Waals surface area contributed by atoms with E-state index < -0.39 is 34.1 Å². The lowest BCUT2D eigenvalue weighted by Crippen LogP contribution is -2.54. The number of thioether (sulfide) groups is 1. The summed E-state index contributed by atoms with van der Waals surface area (Å²) in [6.07, 6.45) is 1.90. The summed E-state index contributed by atoms with van der Waals surface area (Å²) in [5.74, 6) is -0.930. The highest BCUT2D eigenvalue weighted by molar-refractivity contribution is 7.98. The van der Waals surface area contributed by atoms with Gasteiger partial charge in [-0.15, -0.1) is 11.8 Å². The molecule has 0 bridgehead atoms. The van der Waals surface area contributed by atoms with Crippen LogP contribution in [0.1, 0.15) is 38.8 Å². The summed E-state index contributed by atoms with van der Waals surface area (Å²) in [4.78, 5) is 29.5. The van der Waals surface area contributed by atoms with E-state index >= 15 is 0 Å². The molecule has 3 aromatic carbocycles. The lowest BCUT2D eigenvalue weighted by molar-refractivity contribution is -0.140. The average molecular weight is 637 g/mol. The van der Waals surface area contributed by atoms with Crippen LogP contribution in [0.5, 0.6) is 0 Å². The zero-order valence-electron chi connectivity index (χ0n) is 23.9. The van der Waals surface area contributed by atoms with Gasteiger partial charge >= 0.3 is 0 Å². The molecular formula is C30H35Cl2N3O4S2. The van der Waals surface area contributed by atoms with Gasteiger partial charge < -0.3 is 10.2 Å². The molecule has 0 aromatic heterocycles. The third kappa shape index (κ3) is 8.64. The van der Waals surface area contributed by atoms with Crippen molar-refractivity contribution < 1.29 is 18.0 Å². The zero-order chi connectivity index (χ0) is 30.5. The molecule has 0 radical (unpaired) electrons. The molecule has 0 aliphatic rings. The van der Waals surface area contributed by atoms with Crippen LogP contribution in [0.2, 0.25) is 10.0 Å². The molecule has 0 heterocycles. The van der Waals surface area contributed by atoms with Gasteiger partial charge in [0.2, 0.25) is 11.8 Å². The van der Waals surface area contributed by atoms with Gasteiger partial charge in [0.15, 0.2) is 0 Å². The summed E-state index contributed by atoms with van der Waals surface area (Å²) in [5.41, 5.74) is 1.37. The summed E-state index contributed by atoms with van der Waals surface area (Å²) in [6, 6.07) is 17.4. The Morgan fingerprint density at radius 2 is 1.56 bits per heavy atom. The normalized spacial score (nSPS) is 12.5. The van der Waals surface area contributed by atoms with Crippen molar-refractivity contribution in [2.45, 2.75) is 62.5 Å². The summed E-state index contributed by atoms with van der Waals surface area (Å²) < 4.78 is 29.0. The smallest absolute Gasteiger partial charge is 0.264 e. The minimum absolute atomic E-state index is 0.0126. The highest BCUT2D eigenvalue weighted by atomic mass is 35.5. The maximum absolute atomic E-state index is 14.0. The van der Waals surface area contributed by atoms with Gasteiger partial charge in [-0.05, 0) is 95.0 Å². The highest BCUT2D eigenvalue weighted by Gasteiger charge is 2.33. The van der Waals surface area contributed by atoms with Gasteiger partial charge in [0.1, 0.15) is 12.6 Å². The first-order valence-electron chi connectivity index (χ1n) is 12.9. The van der Waals surface area contributed by atoms with Gasteiger partial charge in [-0.1, -0.05) is 47.0 Å². The van der Waals surface area contributed by atoms with Crippen LogP contribution in [0.15, 0.2) is 76.5 Å². The van der Waals surface area contributed by atoms with E-state index in [2.05, 4.69) is 5.32 Å². The van der Waals surface area contributed by atoms with Crippen LogP contribution in [0.4, 0.5) is 5.69 Å². The average Bonchev–Trinajstić information content (AvgIpc) is 2.91. The maximum Gasteiger partial charge on any atom is 0.264 e. The van der Waals surface area contributed by atoms with E-state index in [1.54, 1.807) is 61.5 Å². The van der Waals surface area contributed by atoms with Gasteiger partial charge in [0.05, 0.1) is 20.6 Å². The first kappa shape index (κ1) is 32.8. The van der Waals surface area contributed by atoms with E-state index in [-0.39, 0.29) is 17.3 Å². The van der Waals surface area contributed by atoms with Gasteiger partial charge in [-0.25, -0.2) is 8.42 Å². The van der Waals surface area contributed by atoms with Crippen molar-refractivity contribution in [1.82, 2.24) is 10.2 Å². The minimum Gasteiger partial charge on any atom is -0.350 e. The van der Waals surface area contributed by atoms with Crippen molar-refractivity contribution in [3.63, 3.8) is 0 Å². The predicted octanol–water partition coefficient (Wildman–Crippen LogP) is 6.55. The van der Waals surface area contributed by atoms with Crippen LogP contribution in [-0.2, 0) is 26.2 Å². The Morgan fingerprint density at radius 1 is 0.951 bits per heavy atom. The number of anilines is 1. The number of carbonyl (C=O) groups excluding carboxylic acids is 2. The fourth-order valence-electron chi connectivity index (χ4n) is 4.01. The van der Waals surface area contributed by atoms with E-state index in [1.807, 2.05) is 34.0 Å². The zero-order valence-corrected chi connectivity index (χ0v) is 27.1. The van der Waals surface area contributed by atoms with Crippen molar-refractivity contribution in [1.29, 1.82) is 0 Å². The largest absolute Gasteiger partial charge is 0.350 e. The molecule has 0 saturated carbocycles. The number of benzene rings is 3. The van der Waals surface area contributed by atoms with E-state index in [0.29, 0.717) is 21.3 Å². The van der Waals surface area contributed by atoms with E-state index in [4.69, 9.17) is 23.2 Å². The summed E-state index contributed by atoms with van der Waals surface area (Å²) >= 11 is 13.8. The number of halogens is 2. The quantitative estimate of drug-likeness (QED) is 0.255. The Bertz CT molecular complexity index is 1490. The van der Waals surface area contributed by atoms with Crippen LogP contribution in [-0.4, -0.2) is 49.5 Å². The fraction of sp³-hybridized carbons (Fsp3) is 0.333. The number of nitrogens with one attached hydrogen (secondary N) is 1. The molecule has 1 atom stereocenters. The molecule has 0 spiro atoms. The topological polar surface area (TPSA) is 86.8 Å². The summed E-state index contributed by atoms with van der Waals surface area (Å²) in [6.45, 7) is 8.53. The second kappa shape index (κ2) is 13.5. The molecule has 220 valence electrons. The molecule has 1 unspecified atom stereocenters. The molecular weight excluding hydrogens is 601 g/mol. The second-order valence-electron chi connectivity index (χ2n) is 10.7. The van der Waals surface area contributed by atoms with Crippen LogP contribution in [0, 0.1) is 6.92 Å². The van der Waals surface area contributed by atoms with Crippen molar-refractivity contribution in [3.8, 4) is 0 Å². The number of amides is 2. The van der Waals surface area contributed by atoms with Gasteiger partial charge in [0, 0.05) is 17.0 Å². The molecule has 0 fully saturated rings. The summed E-state index contributed by atoms with van der Waals surface area (Å²) in [5, 5.41) is 3.57. The summed E-state index contributed by atoms with van der Waals surface area (Å²) in [7, 11) is -4.14. The molecule has 0 aliphatic carbocycles. The Kier molecular flexibility index (Phi) is 10.8. The van der Waals surface area contributed by atoms with Crippen LogP contribution < -0.4 is 9.62 Å². The Balaban J connectivity index is 2.05. The number of hydrogen-bond acceptors (Lipinski definition) is 5. The number of carbonyl (C=O) groups is 2. The molecule has 11 heteroatoms. The van der Waals surface area contributed by atoms with Crippen molar-refractivity contribution in [2.24, 2.45) is 0 Å². The number of aryl methyl sites for hydroxylation is 1. The number of sulfonamides is 1. The molecule has 1 N–H and O–H groups in total. The van der Waals surface area contributed by atoms with Crippen LogP contribution in [0.3, 0.4) is 0 Å². The molecule has 7 nitrogen and oxygen atoms in total. The third-order valence-electron chi connectivity index (χ3n) is 6.25. The minimum atomic E-state index is -4.14. The molecule has 0 saturated heterocycles.